The average Bonchev–Trinajstić information content (AvgIpc) is 3.20. The minimum atomic E-state index is -0.983. The fourth-order valence-electron chi connectivity index (χ4n) is 4.42. The molecule has 40 heavy (non-hydrogen) atoms. The standard InChI is InChI=1S/C30H31N3O7/c1-4-40-29(36)21-10-8-20(9-11-21)22-6-5-7-23(18-22)31-27(34)19-26-28(35)33(30(37)32(26)16-17-38-2)24-12-14-25(39-3)15-13-24/h5-15,18,26H,4,16-17,19H2,1-3H3,(H,31,34)/t26-/m0/s1. The molecule has 0 saturated carbocycles. The van der Waals surface area contributed by atoms with Crippen LogP contribution in [-0.4, -0.2) is 68.7 Å². The van der Waals surface area contributed by atoms with Crippen LogP contribution < -0.4 is 15.0 Å². The number of carbonyl (C=O) groups excluding carboxylic acids is 4. The first-order valence-corrected chi connectivity index (χ1v) is 12.8. The summed E-state index contributed by atoms with van der Waals surface area (Å²) in [6, 6.07) is 19.3. The largest absolute Gasteiger partial charge is 0.497 e. The number of hydrogen-bond donors (Lipinski definition) is 1. The third-order valence-corrected chi connectivity index (χ3v) is 6.44. The van der Waals surface area contributed by atoms with Crippen LogP contribution in [0.5, 0.6) is 5.75 Å². The van der Waals surface area contributed by atoms with Gasteiger partial charge in [-0.25, -0.2) is 14.5 Å². The molecule has 1 atom stereocenters. The van der Waals surface area contributed by atoms with Crippen LogP contribution in [0.2, 0.25) is 0 Å². The zero-order valence-corrected chi connectivity index (χ0v) is 22.6. The molecule has 1 aliphatic rings. The van der Waals surface area contributed by atoms with Crippen molar-refractivity contribution >= 4 is 35.2 Å². The Morgan fingerprint density at radius 2 is 1.65 bits per heavy atom. The van der Waals surface area contributed by atoms with E-state index in [0.717, 1.165) is 16.0 Å². The van der Waals surface area contributed by atoms with Gasteiger partial charge in [-0.2, -0.15) is 0 Å². The lowest BCUT2D eigenvalue weighted by atomic mass is 10.0. The lowest BCUT2D eigenvalue weighted by Crippen LogP contribution is -2.39. The van der Waals surface area contributed by atoms with Crippen molar-refractivity contribution in [3.8, 4) is 16.9 Å². The maximum absolute atomic E-state index is 13.4. The van der Waals surface area contributed by atoms with Crippen molar-refractivity contribution < 1.29 is 33.4 Å². The van der Waals surface area contributed by atoms with E-state index in [-0.39, 0.29) is 25.5 Å². The number of methoxy groups -OCH3 is 2. The summed E-state index contributed by atoms with van der Waals surface area (Å²) in [5.41, 5.74) is 3.05. The number of carbonyl (C=O) groups is 4. The number of ether oxygens (including phenoxy) is 3. The number of amides is 4. The van der Waals surface area contributed by atoms with Crippen molar-refractivity contribution in [3.05, 3.63) is 78.4 Å². The van der Waals surface area contributed by atoms with Gasteiger partial charge < -0.3 is 24.4 Å². The molecule has 10 nitrogen and oxygen atoms in total. The smallest absolute Gasteiger partial charge is 0.338 e. The Bertz CT molecular complexity index is 1370. The van der Waals surface area contributed by atoms with E-state index in [1.165, 1.54) is 19.1 Å². The molecule has 0 aromatic heterocycles. The summed E-state index contributed by atoms with van der Waals surface area (Å²) in [5, 5.41) is 2.84. The van der Waals surface area contributed by atoms with E-state index < -0.39 is 23.9 Å². The minimum absolute atomic E-state index is 0.156. The first-order valence-electron chi connectivity index (χ1n) is 12.8. The third kappa shape index (κ3) is 6.29. The normalized spacial score (nSPS) is 14.8. The van der Waals surface area contributed by atoms with Crippen LogP contribution in [0.1, 0.15) is 23.7 Å². The monoisotopic (exact) mass is 545 g/mol. The van der Waals surface area contributed by atoms with E-state index >= 15 is 0 Å². The maximum Gasteiger partial charge on any atom is 0.338 e. The molecular weight excluding hydrogens is 514 g/mol. The molecule has 0 unspecified atom stereocenters. The van der Waals surface area contributed by atoms with Crippen LogP contribution in [0.4, 0.5) is 16.2 Å². The van der Waals surface area contributed by atoms with E-state index in [4.69, 9.17) is 14.2 Å². The molecule has 4 amide bonds. The highest BCUT2D eigenvalue weighted by molar-refractivity contribution is 6.22. The second kappa shape index (κ2) is 12.9. The summed E-state index contributed by atoms with van der Waals surface area (Å²) in [6.45, 7) is 2.42. The van der Waals surface area contributed by atoms with Crippen molar-refractivity contribution in [2.24, 2.45) is 0 Å². The van der Waals surface area contributed by atoms with Gasteiger partial charge in [0.25, 0.3) is 5.91 Å². The predicted molar refractivity (Wildman–Crippen MR) is 149 cm³/mol. The highest BCUT2D eigenvalue weighted by Gasteiger charge is 2.46. The molecule has 4 rings (SSSR count). The number of nitrogens with one attached hydrogen (secondary N) is 1. The van der Waals surface area contributed by atoms with Crippen LogP contribution in [0.25, 0.3) is 11.1 Å². The lowest BCUT2D eigenvalue weighted by Gasteiger charge is -2.21. The Morgan fingerprint density at radius 1 is 0.925 bits per heavy atom. The zero-order chi connectivity index (χ0) is 28.6. The van der Waals surface area contributed by atoms with Crippen molar-refractivity contribution in [3.63, 3.8) is 0 Å². The van der Waals surface area contributed by atoms with Gasteiger partial charge in [-0.1, -0.05) is 24.3 Å². The molecule has 1 fully saturated rings. The minimum Gasteiger partial charge on any atom is -0.497 e. The molecule has 3 aromatic rings. The second-order valence-corrected chi connectivity index (χ2v) is 8.99. The van der Waals surface area contributed by atoms with Crippen molar-refractivity contribution in [2.45, 2.75) is 19.4 Å². The van der Waals surface area contributed by atoms with Gasteiger partial charge in [-0.3, -0.25) is 9.59 Å². The van der Waals surface area contributed by atoms with Crippen LogP contribution in [0.15, 0.2) is 72.8 Å². The van der Waals surface area contributed by atoms with Gasteiger partial charge in [0.15, 0.2) is 0 Å². The fourth-order valence-corrected chi connectivity index (χ4v) is 4.42. The maximum atomic E-state index is 13.4. The molecule has 1 heterocycles. The topological polar surface area (TPSA) is 114 Å². The molecule has 1 N–H and O–H groups in total. The van der Waals surface area contributed by atoms with E-state index in [9.17, 15) is 19.2 Å². The van der Waals surface area contributed by atoms with Crippen molar-refractivity contribution in [1.29, 1.82) is 0 Å². The summed E-state index contributed by atoms with van der Waals surface area (Å²) >= 11 is 0. The number of rotatable bonds is 11. The van der Waals surface area contributed by atoms with E-state index in [2.05, 4.69) is 5.32 Å². The van der Waals surface area contributed by atoms with Crippen LogP contribution >= 0.6 is 0 Å². The van der Waals surface area contributed by atoms with Gasteiger partial charge in [0.1, 0.15) is 11.8 Å². The third-order valence-electron chi connectivity index (χ3n) is 6.44. The number of urea groups is 1. The summed E-state index contributed by atoms with van der Waals surface area (Å²) in [5.74, 6) is -0.705. The summed E-state index contributed by atoms with van der Waals surface area (Å²) in [4.78, 5) is 54.0. The van der Waals surface area contributed by atoms with Crippen LogP contribution in [0, 0.1) is 0 Å². The zero-order valence-electron chi connectivity index (χ0n) is 22.6. The van der Waals surface area contributed by atoms with E-state index in [1.807, 2.05) is 6.07 Å². The summed E-state index contributed by atoms with van der Waals surface area (Å²) in [7, 11) is 3.03. The molecule has 0 aliphatic carbocycles. The number of esters is 1. The molecule has 208 valence electrons. The second-order valence-electron chi connectivity index (χ2n) is 8.99. The first kappa shape index (κ1) is 28.3. The van der Waals surface area contributed by atoms with E-state index in [1.54, 1.807) is 73.7 Å². The molecule has 0 radical (unpaired) electrons. The average molecular weight is 546 g/mol. The molecule has 10 heteroatoms. The van der Waals surface area contributed by atoms with Gasteiger partial charge in [-0.15, -0.1) is 0 Å². The quantitative estimate of drug-likeness (QED) is 0.281. The molecular formula is C30H31N3O7. The van der Waals surface area contributed by atoms with Crippen molar-refractivity contribution in [1.82, 2.24) is 4.90 Å². The lowest BCUT2D eigenvalue weighted by molar-refractivity contribution is -0.124. The number of hydrogen-bond acceptors (Lipinski definition) is 7. The SMILES string of the molecule is CCOC(=O)c1ccc(-c2cccc(NC(=O)C[C@H]3C(=O)N(c4ccc(OC)cc4)C(=O)N3CCOC)c2)cc1. The number of nitrogens with zero attached hydrogens (tertiary/aromatic N) is 2. The number of anilines is 2. The Kier molecular flexibility index (Phi) is 9.13. The van der Waals surface area contributed by atoms with Gasteiger partial charge in [0, 0.05) is 19.3 Å². The number of imide groups is 1. The Labute approximate surface area is 232 Å². The summed E-state index contributed by atoms with van der Waals surface area (Å²) < 4.78 is 15.3. The molecule has 0 spiro atoms. The van der Waals surface area contributed by atoms with Crippen molar-refractivity contribution in [2.75, 3.05) is 44.2 Å². The van der Waals surface area contributed by atoms with Crippen LogP contribution in [-0.2, 0) is 19.1 Å². The van der Waals surface area contributed by atoms with Gasteiger partial charge >= 0.3 is 12.0 Å². The van der Waals surface area contributed by atoms with Gasteiger partial charge in [-0.05, 0) is 66.6 Å². The Hall–Kier alpha value is -4.70. The highest BCUT2D eigenvalue weighted by Crippen LogP contribution is 2.29. The van der Waals surface area contributed by atoms with Gasteiger partial charge in [0.2, 0.25) is 5.91 Å². The predicted octanol–water partition coefficient (Wildman–Crippen LogP) is 4.35. The van der Waals surface area contributed by atoms with Crippen LogP contribution in [0.3, 0.4) is 0 Å². The molecule has 1 aliphatic heterocycles. The molecule has 3 aromatic carbocycles. The summed E-state index contributed by atoms with van der Waals surface area (Å²) in [6.07, 6.45) is -0.223. The fraction of sp³-hybridized carbons (Fsp3) is 0.267. The first-order chi connectivity index (χ1) is 19.4. The van der Waals surface area contributed by atoms with Gasteiger partial charge in [0.05, 0.1) is 38.0 Å². The highest BCUT2D eigenvalue weighted by atomic mass is 16.5. The Morgan fingerprint density at radius 3 is 2.30 bits per heavy atom. The van der Waals surface area contributed by atoms with E-state index in [0.29, 0.717) is 29.3 Å². The Balaban J connectivity index is 1.48. The molecule has 1 saturated heterocycles. The molecule has 0 bridgehead atoms. The number of benzene rings is 3.